The van der Waals surface area contributed by atoms with E-state index in [1.807, 2.05) is 0 Å². The summed E-state index contributed by atoms with van der Waals surface area (Å²) >= 11 is 0. The van der Waals surface area contributed by atoms with Gasteiger partial charge in [-0.05, 0) is 32.5 Å². The van der Waals surface area contributed by atoms with Crippen molar-refractivity contribution in [3.8, 4) is 0 Å². The Morgan fingerprint density at radius 2 is 2.06 bits per heavy atom. The predicted octanol–water partition coefficient (Wildman–Crippen LogP) is 1.26. The molecule has 3 heteroatoms. The van der Waals surface area contributed by atoms with E-state index >= 15 is 0 Å². The highest BCUT2D eigenvalue weighted by molar-refractivity contribution is 4.87. The van der Waals surface area contributed by atoms with Crippen molar-refractivity contribution in [2.24, 2.45) is 5.41 Å². The molecule has 1 atom stereocenters. The average molecular weight is 227 g/mol. The third-order valence-corrected chi connectivity index (χ3v) is 3.22. The van der Waals surface area contributed by atoms with Gasteiger partial charge in [-0.15, -0.1) is 0 Å². The van der Waals surface area contributed by atoms with Crippen molar-refractivity contribution in [1.29, 1.82) is 0 Å². The molecule has 0 aromatic heterocycles. The normalized spacial score (nSPS) is 27.0. The minimum Gasteiger partial charge on any atom is -0.315 e. The number of hydrogen-bond acceptors (Lipinski definition) is 3. The van der Waals surface area contributed by atoms with Crippen molar-refractivity contribution in [1.82, 2.24) is 15.1 Å². The van der Waals surface area contributed by atoms with Gasteiger partial charge in [-0.25, -0.2) is 0 Å². The zero-order valence-corrected chi connectivity index (χ0v) is 11.7. The Morgan fingerprint density at radius 3 is 2.62 bits per heavy atom. The van der Waals surface area contributed by atoms with Gasteiger partial charge in [0.25, 0.3) is 0 Å². The molecule has 0 spiro atoms. The second-order valence-electron chi connectivity index (χ2n) is 6.18. The topological polar surface area (TPSA) is 18.5 Å². The second kappa shape index (κ2) is 5.99. The standard InChI is InChI=1S/C13H29N3/c1-6-7-16-11-13(2,3)10-14-8-12(16)9-15(4)5/h12,14H,6-11H2,1-5H3. The molecule has 96 valence electrons. The fraction of sp³-hybridized carbons (Fsp3) is 1.00. The monoisotopic (exact) mass is 227 g/mol. The van der Waals surface area contributed by atoms with Crippen molar-refractivity contribution in [2.45, 2.75) is 33.2 Å². The Labute approximate surface area is 101 Å². The molecule has 0 amide bonds. The summed E-state index contributed by atoms with van der Waals surface area (Å²) in [6, 6.07) is 0.664. The molecule has 0 saturated carbocycles. The molecule has 16 heavy (non-hydrogen) atoms. The summed E-state index contributed by atoms with van der Waals surface area (Å²) in [6.07, 6.45) is 1.25. The number of hydrogen-bond donors (Lipinski definition) is 1. The Morgan fingerprint density at radius 1 is 1.38 bits per heavy atom. The van der Waals surface area contributed by atoms with E-state index in [1.165, 1.54) is 19.5 Å². The van der Waals surface area contributed by atoms with Gasteiger partial charge < -0.3 is 10.2 Å². The molecule has 1 heterocycles. The first-order valence-electron chi connectivity index (χ1n) is 6.54. The van der Waals surface area contributed by atoms with E-state index in [0.717, 1.165) is 19.6 Å². The molecule has 0 aromatic carbocycles. The van der Waals surface area contributed by atoms with Gasteiger partial charge in [0.1, 0.15) is 0 Å². The second-order valence-corrected chi connectivity index (χ2v) is 6.18. The lowest BCUT2D eigenvalue weighted by Crippen LogP contribution is -2.47. The van der Waals surface area contributed by atoms with Gasteiger partial charge in [0.05, 0.1) is 0 Å². The summed E-state index contributed by atoms with van der Waals surface area (Å²) in [4.78, 5) is 4.97. The molecule has 0 aromatic rings. The van der Waals surface area contributed by atoms with Crippen molar-refractivity contribution in [3.63, 3.8) is 0 Å². The summed E-state index contributed by atoms with van der Waals surface area (Å²) in [5.74, 6) is 0. The minimum atomic E-state index is 0.399. The molecule has 1 aliphatic heterocycles. The maximum absolute atomic E-state index is 3.61. The van der Waals surface area contributed by atoms with Crippen LogP contribution < -0.4 is 5.32 Å². The molecule has 1 saturated heterocycles. The van der Waals surface area contributed by atoms with E-state index in [-0.39, 0.29) is 0 Å². The highest BCUT2D eigenvalue weighted by atomic mass is 15.2. The summed E-state index contributed by atoms with van der Waals surface area (Å²) in [6.45, 7) is 12.9. The van der Waals surface area contributed by atoms with Crippen LogP contribution in [-0.2, 0) is 0 Å². The van der Waals surface area contributed by atoms with Gasteiger partial charge in [-0.1, -0.05) is 20.8 Å². The third kappa shape index (κ3) is 4.40. The van der Waals surface area contributed by atoms with Crippen LogP contribution in [0.15, 0.2) is 0 Å². The number of likely N-dealkylation sites (N-methyl/N-ethyl adjacent to an activating group) is 1. The van der Waals surface area contributed by atoms with E-state index in [4.69, 9.17) is 0 Å². The highest BCUT2D eigenvalue weighted by Crippen LogP contribution is 2.20. The van der Waals surface area contributed by atoms with Crippen molar-refractivity contribution in [2.75, 3.05) is 46.8 Å². The Balaban J connectivity index is 2.65. The third-order valence-electron chi connectivity index (χ3n) is 3.22. The van der Waals surface area contributed by atoms with Crippen LogP contribution in [0.25, 0.3) is 0 Å². The molecule has 1 fully saturated rings. The van der Waals surface area contributed by atoms with E-state index in [0.29, 0.717) is 11.5 Å². The Bertz CT molecular complexity index is 201. The van der Waals surface area contributed by atoms with Gasteiger partial charge in [0.15, 0.2) is 0 Å². The maximum Gasteiger partial charge on any atom is 0.0347 e. The average Bonchev–Trinajstić information content (AvgIpc) is 2.26. The maximum atomic E-state index is 3.61. The zero-order valence-electron chi connectivity index (χ0n) is 11.7. The lowest BCUT2D eigenvalue weighted by atomic mass is 9.93. The summed E-state index contributed by atoms with van der Waals surface area (Å²) in [5.41, 5.74) is 0.399. The summed E-state index contributed by atoms with van der Waals surface area (Å²) < 4.78 is 0. The van der Waals surface area contributed by atoms with Crippen molar-refractivity contribution < 1.29 is 0 Å². The first-order chi connectivity index (χ1) is 7.44. The van der Waals surface area contributed by atoms with E-state index in [2.05, 4.69) is 50.0 Å². The zero-order chi connectivity index (χ0) is 12.2. The van der Waals surface area contributed by atoms with Crippen LogP contribution in [0.5, 0.6) is 0 Å². The molecule has 1 rings (SSSR count). The molecular formula is C13H29N3. The van der Waals surface area contributed by atoms with E-state index < -0.39 is 0 Å². The van der Waals surface area contributed by atoms with E-state index in [9.17, 15) is 0 Å². The Kier molecular flexibility index (Phi) is 5.22. The molecule has 1 unspecified atom stereocenters. The predicted molar refractivity (Wildman–Crippen MR) is 70.9 cm³/mol. The minimum absolute atomic E-state index is 0.399. The molecule has 1 aliphatic rings. The molecular weight excluding hydrogens is 198 g/mol. The van der Waals surface area contributed by atoms with Crippen LogP contribution in [0.4, 0.5) is 0 Å². The molecule has 0 radical (unpaired) electrons. The summed E-state index contributed by atoms with van der Waals surface area (Å²) in [7, 11) is 4.33. The van der Waals surface area contributed by atoms with Crippen LogP contribution in [0.1, 0.15) is 27.2 Å². The van der Waals surface area contributed by atoms with Gasteiger partial charge in [-0.2, -0.15) is 0 Å². The molecule has 3 nitrogen and oxygen atoms in total. The van der Waals surface area contributed by atoms with Crippen LogP contribution >= 0.6 is 0 Å². The highest BCUT2D eigenvalue weighted by Gasteiger charge is 2.29. The van der Waals surface area contributed by atoms with Gasteiger partial charge in [-0.3, -0.25) is 4.90 Å². The quantitative estimate of drug-likeness (QED) is 0.780. The lowest BCUT2D eigenvalue weighted by Gasteiger charge is -2.34. The largest absolute Gasteiger partial charge is 0.315 e. The SMILES string of the molecule is CCCN1CC(C)(C)CNCC1CN(C)C. The van der Waals surface area contributed by atoms with E-state index in [1.54, 1.807) is 0 Å². The fourth-order valence-electron chi connectivity index (χ4n) is 2.59. The van der Waals surface area contributed by atoms with Gasteiger partial charge >= 0.3 is 0 Å². The van der Waals surface area contributed by atoms with Crippen LogP contribution in [-0.4, -0.2) is 62.7 Å². The smallest absolute Gasteiger partial charge is 0.0347 e. The molecule has 0 bridgehead atoms. The van der Waals surface area contributed by atoms with Crippen molar-refractivity contribution in [3.05, 3.63) is 0 Å². The van der Waals surface area contributed by atoms with Crippen LogP contribution in [0.3, 0.4) is 0 Å². The van der Waals surface area contributed by atoms with Crippen molar-refractivity contribution >= 4 is 0 Å². The molecule has 1 N–H and O–H groups in total. The summed E-state index contributed by atoms with van der Waals surface area (Å²) in [5, 5.41) is 3.61. The fourth-order valence-corrected chi connectivity index (χ4v) is 2.59. The first-order valence-corrected chi connectivity index (χ1v) is 6.54. The molecule has 0 aliphatic carbocycles. The Hall–Kier alpha value is -0.120. The van der Waals surface area contributed by atoms with Gasteiger partial charge in [0, 0.05) is 32.2 Å². The van der Waals surface area contributed by atoms with Gasteiger partial charge in [0.2, 0.25) is 0 Å². The number of nitrogens with one attached hydrogen (secondary N) is 1. The van der Waals surface area contributed by atoms with Crippen LogP contribution in [0, 0.1) is 5.41 Å². The van der Waals surface area contributed by atoms with Crippen LogP contribution in [0.2, 0.25) is 0 Å². The number of rotatable bonds is 4. The lowest BCUT2D eigenvalue weighted by molar-refractivity contribution is 0.135. The first kappa shape index (κ1) is 13.9. The number of nitrogens with zero attached hydrogens (tertiary/aromatic N) is 2.